The molecule has 0 saturated carbocycles. The first-order valence-corrected chi connectivity index (χ1v) is 10.0. The van der Waals surface area contributed by atoms with Crippen molar-refractivity contribution >= 4 is 26.0 Å². The molecule has 0 amide bonds. The van der Waals surface area contributed by atoms with Gasteiger partial charge in [-0.2, -0.15) is 4.31 Å². The Bertz CT molecular complexity index is 545. The first kappa shape index (κ1) is 20.6. The normalized spacial score (nSPS) is 12.5. The van der Waals surface area contributed by atoms with Crippen LogP contribution in [0.2, 0.25) is 0 Å². The SMILES string of the molecule is CN(C)CCCN(CCCN(C)C)S(=O)(=O)c1ccc(Br)cc1. The van der Waals surface area contributed by atoms with Crippen LogP contribution in [0, 0.1) is 0 Å². The van der Waals surface area contributed by atoms with E-state index in [9.17, 15) is 8.42 Å². The van der Waals surface area contributed by atoms with Crippen molar-refractivity contribution in [1.82, 2.24) is 14.1 Å². The molecule has 0 aromatic heterocycles. The molecule has 23 heavy (non-hydrogen) atoms. The molecule has 0 aliphatic carbocycles. The maximum absolute atomic E-state index is 12.9. The molecule has 0 aliphatic heterocycles. The van der Waals surface area contributed by atoms with Crippen molar-refractivity contribution in [3.05, 3.63) is 28.7 Å². The highest BCUT2D eigenvalue weighted by Crippen LogP contribution is 2.19. The third-order valence-corrected chi connectivity index (χ3v) is 5.92. The molecule has 132 valence electrons. The Labute approximate surface area is 149 Å². The third kappa shape index (κ3) is 7.30. The summed E-state index contributed by atoms with van der Waals surface area (Å²) in [4.78, 5) is 4.50. The Hall–Kier alpha value is -0.470. The molecule has 0 spiro atoms. The van der Waals surface area contributed by atoms with Crippen LogP contribution in [0.3, 0.4) is 0 Å². The van der Waals surface area contributed by atoms with Gasteiger partial charge in [0.2, 0.25) is 10.0 Å². The summed E-state index contributed by atoms with van der Waals surface area (Å²) in [6, 6.07) is 6.85. The van der Waals surface area contributed by atoms with Crippen LogP contribution in [0.15, 0.2) is 33.6 Å². The van der Waals surface area contributed by atoms with Crippen LogP contribution in [0.5, 0.6) is 0 Å². The van der Waals surface area contributed by atoms with Gasteiger partial charge in [0.05, 0.1) is 4.90 Å². The van der Waals surface area contributed by atoms with Gasteiger partial charge in [-0.15, -0.1) is 0 Å². The summed E-state index contributed by atoms with van der Waals surface area (Å²) in [5.74, 6) is 0. The molecule has 0 aliphatic rings. The van der Waals surface area contributed by atoms with E-state index in [1.807, 2.05) is 28.2 Å². The fraction of sp³-hybridized carbons (Fsp3) is 0.625. The van der Waals surface area contributed by atoms with Crippen LogP contribution in [0.1, 0.15) is 12.8 Å². The minimum absolute atomic E-state index is 0.357. The highest BCUT2D eigenvalue weighted by molar-refractivity contribution is 9.10. The zero-order valence-electron chi connectivity index (χ0n) is 14.5. The van der Waals surface area contributed by atoms with Crippen molar-refractivity contribution in [3.63, 3.8) is 0 Å². The van der Waals surface area contributed by atoms with Crippen LogP contribution in [-0.4, -0.2) is 76.9 Å². The molecular formula is C16H28BrN3O2S. The monoisotopic (exact) mass is 405 g/mol. The molecule has 0 N–H and O–H groups in total. The van der Waals surface area contributed by atoms with Crippen molar-refractivity contribution in [2.45, 2.75) is 17.7 Å². The average molecular weight is 406 g/mol. The zero-order valence-corrected chi connectivity index (χ0v) is 16.9. The number of halogens is 1. The van der Waals surface area contributed by atoms with Crippen LogP contribution in [0.4, 0.5) is 0 Å². The third-order valence-electron chi connectivity index (χ3n) is 3.48. The summed E-state index contributed by atoms with van der Waals surface area (Å²) >= 11 is 3.35. The van der Waals surface area contributed by atoms with E-state index in [2.05, 4.69) is 25.7 Å². The lowest BCUT2D eigenvalue weighted by Gasteiger charge is -2.24. The van der Waals surface area contributed by atoms with Gasteiger partial charge >= 0.3 is 0 Å². The topological polar surface area (TPSA) is 43.9 Å². The fourth-order valence-corrected chi connectivity index (χ4v) is 4.02. The second kappa shape index (κ2) is 9.74. The molecule has 0 heterocycles. The van der Waals surface area contributed by atoms with Gasteiger partial charge in [-0.3, -0.25) is 0 Å². The quantitative estimate of drug-likeness (QED) is 0.599. The molecular weight excluding hydrogens is 378 g/mol. The Morgan fingerprint density at radius 2 is 1.26 bits per heavy atom. The Morgan fingerprint density at radius 1 is 0.826 bits per heavy atom. The van der Waals surface area contributed by atoms with Crippen molar-refractivity contribution in [1.29, 1.82) is 0 Å². The highest BCUT2D eigenvalue weighted by Gasteiger charge is 2.23. The molecule has 1 aromatic rings. The second-order valence-electron chi connectivity index (χ2n) is 6.17. The molecule has 7 heteroatoms. The average Bonchev–Trinajstić information content (AvgIpc) is 2.45. The molecule has 0 bridgehead atoms. The van der Waals surface area contributed by atoms with E-state index in [4.69, 9.17) is 0 Å². The molecule has 1 rings (SSSR count). The molecule has 0 saturated heterocycles. The molecule has 0 radical (unpaired) electrons. The zero-order chi connectivity index (χ0) is 17.5. The van der Waals surface area contributed by atoms with Crippen LogP contribution < -0.4 is 0 Å². The number of sulfonamides is 1. The van der Waals surface area contributed by atoms with E-state index >= 15 is 0 Å². The van der Waals surface area contributed by atoms with Gasteiger partial charge in [-0.05, 0) is 78.4 Å². The van der Waals surface area contributed by atoms with Gasteiger partial charge in [0.25, 0.3) is 0 Å². The van der Waals surface area contributed by atoms with Gasteiger partial charge in [-0.25, -0.2) is 8.42 Å². The van der Waals surface area contributed by atoms with Gasteiger partial charge in [0.1, 0.15) is 0 Å². The molecule has 5 nitrogen and oxygen atoms in total. The van der Waals surface area contributed by atoms with Crippen molar-refractivity contribution in [2.75, 3.05) is 54.4 Å². The largest absolute Gasteiger partial charge is 0.309 e. The van der Waals surface area contributed by atoms with E-state index in [1.54, 1.807) is 28.6 Å². The van der Waals surface area contributed by atoms with Crippen molar-refractivity contribution in [2.24, 2.45) is 0 Å². The summed E-state index contributed by atoms with van der Waals surface area (Å²) in [7, 11) is 4.56. The standard InChI is InChI=1S/C16H28BrN3O2S/c1-18(2)11-5-13-20(14-6-12-19(3)4)23(21,22)16-9-7-15(17)8-10-16/h7-10H,5-6,11-14H2,1-4H3. The van der Waals surface area contributed by atoms with E-state index in [1.165, 1.54) is 0 Å². The lowest BCUT2D eigenvalue weighted by atomic mass is 10.3. The predicted octanol–water partition coefficient (Wildman–Crippen LogP) is 2.34. The number of hydrogen-bond donors (Lipinski definition) is 0. The van der Waals surface area contributed by atoms with E-state index in [-0.39, 0.29) is 0 Å². The van der Waals surface area contributed by atoms with Crippen LogP contribution in [-0.2, 0) is 10.0 Å². The summed E-state index contributed by atoms with van der Waals surface area (Å²) in [6.07, 6.45) is 1.65. The molecule has 0 atom stereocenters. The maximum Gasteiger partial charge on any atom is 0.243 e. The molecule has 1 aromatic carbocycles. The Balaban J connectivity index is 2.84. The minimum atomic E-state index is -3.44. The van der Waals surface area contributed by atoms with Crippen LogP contribution >= 0.6 is 15.9 Å². The molecule has 0 unspecified atom stereocenters. The Morgan fingerprint density at radius 3 is 1.65 bits per heavy atom. The maximum atomic E-state index is 12.9. The van der Waals surface area contributed by atoms with Gasteiger partial charge in [0, 0.05) is 17.6 Å². The predicted molar refractivity (Wildman–Crippen MR) is 99.2 cm³/mol. The van der Waals surface area contributed by atoms with Gasteiger partial charge in [0.15, 0.2) is 0 Å². The first-order valence-electron chi connectivity index (χ1n) is 7.78. The lowest BCUT2D eigenvalue weighted by Crippen LogP contribution is -2.35. The smallest absolute Gasteiger partial charge is 0.243 e. The number of rotatable bonds is 10. The molecule has 0 fully saturated rings. The van der Waals surface area contributed by atoms with E-state index < -0.39 is 10.0 Å². The summed E-state index contributed by atoms with van der Waals surface area (Å²) in [6.45, 7) is 2.84. The van der Waals surface area contributed by atoms with Crippen molar-refractivity contribution < 1.29 is 8.42 Å². The summed E-state index contributed by atoms with van der Waals surface area (Å²) in [5, 5.41) is 0. The van der Waals surface area contributed by atoms with E-state index in [0.717, 1.165) is 30.4 Å². The minimum Gasteiger partial charge on any atom is -0.309 e. The fourth-order valence-electron chi connectivity index (χ4n) is 2.23. The van der Waals surface area contributed by atoms with Gasteiger partial charge in [-0.1, -0.05) is 15.9 Å². The number of benzene rings is 1. The summed E-state index contributed by atoms with van der Waals surface area (Å²) in [5.41, 5.74) is 0. The first-order chi connectivity index (χ1) is 10.7. The highest BCUT2D eigenvalue weighted by atomic mass is 79.9. The Kier molecular flexibility index (Phi) is 8.71. The van der Waals surface area contributed by atoms with Crippen LogP contribution in [0.25, 0.3) is 0 Å². The number of hydrogen-bond acceptors (Lipinski definition) is 4. The lowest BCUT2D eigenvalue weighted by molar-refractivity contribution is 0.326. The van der Waals surface area contributed by atoms with E-state index in [0.29, 0.717) is 18.0 Å². The second-order valence-corrected chi connectivity index (χ2v) is 9.03. The van der Waals surface area contributed by atoms with Gasteiger partial charge < -0.3 is 9.80 Å². The van der Waals surface area contributed by atoms with Crippen molar-refractivity contribution in [3.8, 4) is 0 Å². The number of nitrogens with zero attached hydrogens (tertiary/aromatic N) is 3. The summed E-state index contributed by atoms with van der Waals surface area (Å²) < 4.78 is 28.2.